The average molecular weight is 279 g/mol. The number of rotatable bonds is 11. The van der Waals surface area contributed by atoms with E-state index >= 15 is 0 Å². The van der Waals surface area contributed by atoms with Crippen molar-refractivity contribution < 1.29 is 18.3 Å². The molecule has 0 aromatic heterocycles. The molecule has 1 unspecified atom stereocenters. The highest BCUT2D eigenvalue weighted by Crippen LogP contribution is 2.43. The fraction of sp³-hybridized carbons (Fsp3) is 0.917. The van der Waals surface area contributed by atoms with Gasteiger partial charge in [0.05, 0.1) is 19.8 Å². The van der Waals surface area contributed by atoms with Crippen molar-refractivity contribution in [3.8, 4) is 0 Å². The predicted octanol–water partition coefficient (Wildman–Crippen LogP) is 3.83. The largest absolute Gasteiger partial charge is 0.481 e. The van der Waals surface area contributed by atoms with E-state index in [2.05, 4.69) is 6.92 Å². The number of nitrogens with one attached hydrogen (secondary N) is 1. The van der Waals surface area contributed by atoms with Gasteiger partial charge in [0.2, 0.25) is 0 Å². The summed E-state index contributed by atoms with van der Waals surface area (Å²) in [5.41, 5.74) is 0. The quantitative estimate of drug-likeness (QED) is 0.270. The van der Waals surface area contributed by atoms with E-state index in [1.165, 1.54) is 6.66 Å². The Kier molecular flexibility index (Phi) is 10.3. The molecule has 0 saturated carbocycles. The average Bonchev–Trinajstić information content (AvgIpc) is 2.29. The van der Waals surface area contributed by atoms with Crippen LogP contribution in [0.25, 0.3) is 0 Å². The SMILES string of the molecule is CCCCOC(=N)CCOP(C)(=O)OCCCC. The van der Waals surface area contributed by atoms with Crippen molar-refractivity contribution in [2.24, 2.45) is 0 Å². The van der Waals surface area contributed by atoms with Crippen LogP contribution in [0.5, 0.6) is 0 Å². The summed E-state index contributed by atoms with van der Waals surface area (Å²) < 4.78 is 27.3. The van der Waals surface area contributed by atoms with Crippen molar-refractivity contribution >= 4 is 13.5 Å². The van der Waals surface area contributed by atoms with Crippen molar-refractivity contribution in [1.29, 1.82) is 5.41 Å². The Balaban J connectivity index is 3.62. The summed E-state index contributed by atoms with van der Waals surface area (Å²) in [6, 6.07) is 0. The van der Waals surface area contributed by atoms with Crippen LogP contribution in [0.2, 0.25) is 0 Å². The monoisotopic (exact) mass is 279 g/mol. The zero-order chi connectivity index (χ0) is 13.9. The smallest absolute Gasteiger partial charge is 0.327 e. The second-order valence-corrected chi connectivity index (χ2v) is 6.23. The Bertz CT molecular complexity index is 271. The molecule has 1 N–H and O–H groups in total. The molecule has 18 heavy (non-hydrogen) atoms. The van der Waals surface area contributed by atoms with Gasteiger partial charge in [-0.25, -0.2) is 0 Å². The lowest BCUT2D eigenvalue weighted by Crippen LogP contribution is -2.08. The number of hydrogen-bond donors (Lipinski definition) is 1. The molecular formula is C12H26NO4P. The standard InChI is InChI=1S/C12H26NO4P/c1-4-6-9-15-12(13)8-11-17-18(3,14)16-10-7-5-2/h13H,4-11H2,1-3H3. The summed E-state index contributed by atoms with van der Waals surface area (Å²) in [6.07, 6.45) is 4.18. The van der Waals surface area contributed by atoms with Gasteiger partial charge in [-0.2, -0.15) is 0 Å². The van der Waals surface area contributed by atoms with Crippen LogP contribution in [-0.4, -0.2) is 32.4 Å². The third kappa shape index (κ3) is 10.8. The zero-order valence-electron chi connectivity index (χ0n) is 11.7. The molecule has 6 heteroatoms. The molecule has 0 fully saturated rings. The zero-order valence-corrected chi connectivity index (χ0v) is 12.6. The minimum absolute atomic E-state index is 0.178. The second-order valence-electron chi connectivity index (χ2n) is 4.17. The fourth-order valence-electron chi connectivity index (χ4n) is 1.13. The van der Waals surface area contributed by atoms with Crippen LogP contribution in [-0.2, 0) is 18.3 Å². The van der Waals surface area contributed by atoms with Crippen LogP contribution in [0.15, 0.2) is 0 Å². The summed E-state index contributed by atoms with van der Waals surface area (Å²) in [5, 5.41) is 7.51. The Morgan fingerprint density at radius 2 is 1.61 bits per heavy atom. The first-order chi connectivity index (χ1) is 8.52. The summed E-state index contributed by atoms with van der Waals surface area (Å²) in [4.78, 5) is 0. The van der Waals surface area contributed by atoms with Crippen LogP contribution in [0.1, 0.15) is 46.0 Å². The molecule has 0 aromatic carbocycles. The molecular weight excluding hydrogens is 253 g/mol. The van der Waals surface area contributed by atoms with E-state index in [0.717, 1.165) is 25.7 Å². The van der Waals surface area contributed by atoms with Gasteiger partial charge in [0.1, 0.15) is 0 Å². The minimum Gasteiger partial charge on any atom is -0.481 e. The molecule has 108 valence electrons. The molecule has 0 rings (SSSR count). The van der Waals surface area contributed by atoms with Gasteiger partial charge < -0.3 is 13.8 Å². The van der Waals surface area contributed by atoms with Crippen LogP contribution in [0, 0.1) is 5.41 Å². The van der Waals surface area contributed by atoms with Crippen molar-refractivity contribution in [3.05, 3.63) is 0 Å². The molecule has 0 amide bonds. The molecule has 0 bridgehead atoms. The van der Waals surface area contributed by atoms with E-state index < -0.39 is 7.60 Å². The molecule has 0 aliphatic rings. The van der Waals surface area contributed by atoms with E-state index in [-0.39, 0.29) is 12.5 Å². The Labute approximate surface area is 110 Å². The van der Waals surface area contributed by atoms with Gasteiger partial charge >= 0.3 is 7.60 Å². The fourth-order valence-corrected chi connectivity index (χ4v) is 2.09. The minimum atomic E-state index is -2.96. The number of unbranched alkanes of at least 4 members (excludes halogenated alkanes) is 2. The van der Waals surface area contributed by atoms with Crippen molar-refractivity contribution in [3.63, 3.8) is 0 Å². The lowest BCUT2D eigenvalue weighted by atomic mass is 10.3. The Morgan fingerprint density at radius 3 is 2.22 bits per heavy atom. The van der Waals surface area contributed by atoms with E-state index in [1.54, 1.807) is 0 Å². The third-order valence-electron chi connectivity index (χ3n) is 2.25. The van der Waals surface area contributed by atoms with E-state index in [4.69, 9.17) is 19.2 Å². The summed E-state index contributed by atoms with van der Waals surface area (Å²) in [6.45, 7) is 6.78. The maximum atomic E-state index is 11.8. The van der Waals surface area contributed by atoms with Crippen LogP contribution in [0.4, 0.5) is 0 Å². The molecule has 0 aliphatic carbocycles. The first kappa shape index (κ1) is 17.6. The summed E-state index contributed by atoms with van der Waals surface area (Å²) in [7, 11) is -2.96. The van der Waals surface area contributed by atoms with Crippen LogP contribution in [0.3, 0.4) is 0 Å². The van der Waals surface area contributed by atoms with Gasteiger partial charge in [0.25, 0.3) is 0 Å². The van der Waals surface area contributed by atoms with E-state index in [9.17, 15) is 4.57 Å². The highest BCUT2D eigenvalue weighted by Gasteiger charge is 2.16. The first-order valence-electron chi connectivity index (χ1n) is 6.58. The first-order valence-corrected chi connectivity index (χ1v) is 8.57. The Hall–Kier alpha value is -0.380. The number of hydrogen-bond acceptors (Lipinski definition) is 5. The number of ether oxygens (including phenoxy) is 1. The van der Waals surface area contributed by atoms with Gasteiger partial charge in [-0.15, -0.1) is 0 Å². The molecule has 5 nitrogen and oxygen atoms in total. The van der Waals surface area contributed by atoms with Gasteiger partial charge in [-0.3, -0.25) is 9.97 Å². The predicted molar refractivity (Wildman–Crippen MR) is 73.5 cm³/mol. The molecule has 0 saturated heterocycles. The molecule has 0 aliphatic heterocycles. The molecule has 0 spiro atoms. The topological polar surface area (TPSA) is 68.6 Å². The molecule has 0 radical (unpaired) electrons. The lowest BCUT2D eigenvalue weighted by molar-refractivity contribution is 0.204. The van der Waals surface area contributed by atoms with Gasteiger partial charge in [0.15, 0.2) is 5.90 Å². The van der Waals surface area contributed by atoms with E-state index in [0.29, 0.717) is 19.6 Å². The van der Waals surface area contributed by atoms with Gasteiger partial charge in [-0.05, 0) is 12.8 Å². The normalized spacial score (nSPS) is 14.2. The summed E-state index contributed by atoms with van der Waals surface area (Å²) in [5.74, 6) is 0.178. The van der Waals surface area contributed by atoms with Gasteiger partial charge in [-0.1, -0.05) is 26.7 Å². The van der Waals surface area contributed by atoms with Crippen molar-refractivity contribution in [1.82, 2.24) is 0 Å². The molecule has 1 atom stereocenters. The highest BCUT2D eigenvalue weighted by molar-refractivity contribution is 7.52. The molecule has 0 aromatic rings. The van der Waals surface area contributed by atoms with Crippen molar-refractivity contribution in [2.75, 3.05) is 26.5 Å². The Morgan fingerprint density at radius 1 is 1.06 bits per heavy atom. The molecule has 0 heterocycles. The van der Waals surface area contributed by atoms with Crippen LogP contribution >= 0.6 is 7.60 Å². The summed E-state index contributed by atoms with van der Waals surface area (Å²) >= 11 is 0. The maximum absolute atomic E-state index is 11.8. The van der Waals surface area contributed by atoms with E-state index in [1.807, 2.05) is 6.92 Å². The van der Waals surface area contributed by atoms with Gasteiger partial charge in [0, 0.05) is 13.1 Å². The van der Waals surface area contributed by atoms with Crippen molar-refractivity contribution in [2.45, 2.75) is 46.0 Å². The third-order valence-corrected chi connectivity index (χ3v) is 3.56. The lowest BCUT2D eigenvalue weighted by Gasteiger charge is -2.14. The van der Waals surface area contributed by atoms with Crippen LogP contribution < -0.4 is 0 Å². The maximum Gasteiger partial charge on any atom is 0.327 e. The second kappa shape index (κ2) is 10.5. The highest BCUT2D eigenvalue weighted by atomic mass is 31.2.